The summed E-state index contributed by atoms with van der Waals surface area (Å²) < 4.78 is 1.94. The van der Waals surface area contributed by atoms with Crippen LogP contribution in [0.3, 0.4) is 0 Å². The molecule has 6 aromatic rings. The van der Waals surface area contributed by atoms with E-state index in [0.717, 1.165) is 27.5 Å². The van der Waals surface area contributed by atoms with Gasteiger partial charge in [-0.05, 0) is 18.2 Å². The van der Waals surface area contributed by atoms with Crippen LogP contribution in [0.1, 0.15) is 0 Å². The molecular weight excluding hydrogens is 382 g/mol. The van der Waals surface area contributed by atoms with Crippen molar-refractivity contribution in [1.82, 2.24) is 24.6 Å². The van der Waals surface area contributed by atoms with Gasteiger partial charge in [0.15, 0.2) is 17.5 Å². The van der Waals surface area contributed by atoms with Gasteiger partial charge in [0.2, 0.25) is 0 Å². The lowest BCUT2D eigenvalue weighted by Gasteiger charge is -2.06. The number of para-hydroxylation sites is 1. The molecule has 3 aromatic heterocycles. The molecule has 0 atom stereocenters. The minimum Gasteiger partial charge on any atom is -0.232 e. The number of nitrogens with zero attached hydrogens (tertiary/aromatic N) is 5. The van der Waals surface area contributed by atoms with Crippen LogP contribution in [0.4, 0.5) is 0 Å². The Morgan fingerprint density at radius 1 is 0.516 bits per heavy atom. The minimum atomic E-state index is 0.556. The molecule has 3 aromatic carbocycles. The summed E-state index contributed by atoms with van der Waals surface area (Å²) in [6, 6.07) is 34.3. The first-order valence-electron chi connectivity index (χ1n) is 10.1. The van der Waals surface area contributed by atoms with Gasteiger partial charge >= 0.3 is 0 Å². The number of hydrogen-bond donors (Lipinski definition) is 0. The molecule has 0 saturated heterocycles. The molecule has 0 unspecified atom stereocenters. The number of benzene rings is 3. The van der Waals surface area contributed by atoms with E-state index in [0.29, 0.717) is 23.2 Å². The molecular formula is C26H17N5. The van der Waals surface area contributed by atoms with E-state index in [1.807, 2.05) is 83.4 Å². The average molecular weight is 399 g/mol. The normalized spacial score (nSPS) is 11.2. The summed E-state index contributed by atoms with van der Waals surface area (Å²) in [6.07, 6.45) is 0. The predicted octanol–water partition coefficient (Wildman–Crippen LogP) is 5.67. The second kappa shape index (κ2) is 7.15. The van der Waals surface area contributed by atoms with Gasteiger partial charge in [-0.25, -0.2) is 19.5 Å². The second-order valence-corrected chi connectivity index (χ2v) is 7.30. The molecule has 0 N–H and O–H groups in total. The third kappa shape index (κ3) is 3.13. The molecule has 31 heavy (non-hydrogen) atoms. The minimum absolute atomic E-state index is 0.556. The smallest absolute Gasteiger partial charge is 0.184 e. The zero-order chi connectivity index (χ0) is 20.6. The first-order chi connectivity index (χ1) is 15.3. The monoisotopic (exact) mass is 399 g/mol. The summed E-state index contributed by atoms with van der Waals surface area (Å²) in [4.78, 5) is 14.3. The summed E-state index contributed by atoms with van der Waals surface area (Å²) in [5.41, 5.74) is 4.65. The molecule has 0 amide bonds. The molecule has 6 rings (SSSR count). The van der Waals surface area contributed by atoms with E-state index in [9.17, 15) is 0 Å². The molecule has 0 radical (unpaired) electrons. The van der Waals surface area contributed by atoms with Crippen LogP contribution in [-0.4, -0.2) is 24.6 Å². The van der Waals surface area contributed by atoms with Crippen LogP contribution in [0.25, 0.3) is 50.7 Å². The summed E-state index contributed by atoms with van der Waals surface area (Å²) in [6.45, 7) is 0. The molecule has 3 heterocycles. The maximum Gasteiger partial charge on any atom is 0.184 e. The van der Waals surface area contributed by atoms with Crippen LogP contribution in [0, 0.1) is 0 Å². The number of rotatable bonds is 3. The van der Waals surface area contributed by atoms with E-state index in [-0.39, 0.29) is 0 Å². The highest BCUT2D eigenvalue weighted by molar-refractivity contribution is 5.83. The largest absolute Gasteiger partial charge is 0.232 e. The zero-order valence-electron chi connectivity index (χ0n) is 16.6. The first kappa shape index (κ1) is 17.5. The van der Waals surface area contributed by atoms with Crippen molar-refractivity contribution in [2.45, 2.75) is 0 Å². The lowest BCUT2D eigenvalue weighted by molar-refractivity contribution is 0.984. The van der Waals surface area contributed by atoms with E-state index in [1.165, 1.54) is 0 Å². The van der Waals surface area contributed by atoms with Gasteiger partial charge in [0, 0.05) is 16.5 Å². The molecule has 5 nitrogen and oxygen atoms in total. The molecule has 5 heteroatoms. The van der Waals surface area contributed by atoms with Crippen LogP contribution < -0.4 is 0 Å². The van der Waals surface area contributed by atoms with Crippen molar-refractivity contribution in [1.29, 1.82) is 0 Å². The van der Waals surface area contributed by atoms with Gasteiger partial charge in [0.25, 0.3) is 0 Å². The van der Waals surface area contributed by atoms with E-state index < -0.39 is 0 Å². The van der Waals surface area contributed by atoms with Gasteiger partial charge in [-0.3, -0.25) is 0 Å². The highest BCUT2D eigenvalue weighted by Crippen LogP contribution is 2.26. The van der Waals surface area contributed by atoms with Crippen molar-refractivity contribution in [3.8, 4) is 34.3 Å². The Morgan fingerprint density at radius 3 is 1.77 bits per heavy atom. The molecule has 0 aliphatic heterocycles. The fourth-order valence-corrected chi connectivity index (χ4v) is 3.74. The maximum atomic E-state index is 4.84. The third-order valence-corrected chi connectivity index (χ3v) is 5.26. The molecule has 146 valence electrons. The first-order valence-corrected chi connectivity index (χ1v) is 10.1. The van der Waals surface area contributed by atoms with E-state index in [1.54, 1.807) is 0 Å². The average Bonchev–Trinajstić information content (AvgIpc) is 3.30. The molecule has 0 fully saturated rings. The van der Waals surface area contributed by atoms with Crippen molar-refractivity contribution in [2.24, 2.45) is 0 Å². The van der Waals surface area contributed by atoms with Gasteiger partial charge in [0.05, 0.1) is 11.0 Å². The Morgan fingerprint density at radius 2 is 1.10 bits per heavy atom. The van der Waals surface area contributed by atoms with Gasteiger partial charge in [-0.2, -0.15) is 5.10 Å². The Hall–Kier alpha value is -4.38. The topological polar surface area (TPSA) is 56.0 Å². The number of pyridine rings is 1. The third-order valence-electron chi connectivity index (χ3n) is 5.26. The molecule has 0 aliphatic rings. The molecule has 0 aliphatic carbocycles. The van der Waals surface area contributed by atoms with E-state index in [4.69, 9.17) is 20.1 Å². The van der Waals surface area contributed by atoms with Crippen LogP contribution in [0.2, 0.25) is 0 Å². The van der Waals surface area contributed by atoms with Gasteiger partial charge in [-0.15, -0.1) is 0 Å². The van der Waals surface area contributed by atoms with Crippen molar-refractivity contribution in [2.75, 3.05) is 0 Å². The SMILES string of the molecule is c1ccc(-c2nc(-c3ccccc3)nc(-c3cc4ccc5ccccc5n4n3)n2)cc1. The molecule has 0 saturated carbocycles. The predicted molar refractivity (Wildman–Crippen MR) is 122 cm³/mol. The van der Waals surface area contributed by atoms with Crippen LogP contribution in [0.15, 0.2) is 103 Å². The number of fused-ring (bicyclic) bond motifs is 3. The Kier molecular flexibility index (Phi) is 4.03. The summed E-state index contributed by atoms with van der Waals surface area (Å²) >= 11 is 0. The highest BCUT2D eigenvalue weighted by atomic mass is 15.2. The van der Waals surface area contributed by atoms with Crippen molar-refractivity contribution in [3.63, 3.8) is 0 Å². The summed E-state index contributed by atoms with van der Waals surface area (Å²) in [7, 11) is 0. The lowest BCUT2D eigenvalue weighted by Crippen LogP contribution is -2.00. The number of hydrogen-bond acceptors (Lipinski definition) is 4. The van der Waals surface area contributed by atoms with Crippen LogP contribution in [0.5, 0.6) is 0 Å². The standard InChI is InChI=1S/C26H17N5/c1-3-10-19(11-4-1)24-27-25(20-12-5-2-6-13-20)29-26(28-24)22-17-21-16-15-18-9-7-8-14-23(18)31(21)30-22/h1-17H. The van der Waals surface area contributed by atoms with Gasteiger partial charge < -0.3 is 0 Å². The van der Waals surface area contributed by atoms with E-state index in [2.05, 4.69) is 24.3 Å². The quantitative estimate of drug-likeness (QED) is 0.384. The second-order valence-electron chi connectivity index (χ2n) is 7.30. The van der Waals surface area contributed by atoms with Crippen LogP contribution >= 0.6 is 0 Å². The highest BCUT2D eigenvalue weighted by Gasteiger charge is 2.15. The Bertz CT molecular complexity index is 1460. The lowest BCUT2D eigenvalue weighted by atomic mass is 10.2. The zero-order valence-corrected chi connectivity index (χ0v) is 16.6. The maximum absolute atomic E-state index is 4.84. The molecule has 0 spiro atoms. The fourth-order valence-electron chi connectivity index (χ4n) is 3.74. The fraction of sp³-hybridized carbons (Fsp3) is 0. The molecule has 0 bridgehead atoms. The Labute approximate surface area is 178 Å². The van der Waals surface area contributed by atoms with Gasteiger partial charge in [0.1, 0.15) is 5.69 Å². The Balaban J connectivity index is 1.58. The van der Waals surface area contributed by atoms with E-state index >= 15 is 0 Å². The summed E-state index contributed by atoms with van der Waals surface area (Å²) in [5, 5.41) is 5.98. The summed E-state index contributed by atoms with van der Waals surface area (Å²) in [5.74, 6) is 1.82. The van der Waals surface area contributed by atoms with Crippen molar-refractivity contribution < 1.29 is 0 Å². The van der Waals surface area contributed by atoms with Crippen molar-refractivity contribution >= 4 is 16.4 Å². The van der Waals surface area contributed by atoms with Gasteiger partial charge in [-0.1, -0.05) is 84.9 Å². The number of aromatic nitrogens is 5. The van der Waals surface area contributed by atoms with Crippen LogP contribution in [-0.2, 0) is 0 Å². The van der Waals surface area contributed by atoms with Crippen molar-refractivity contribution in [3.05, 3.63) is 103 Å².